The maximum atomic E-state index is 13.2. The molecule has 2 saturated carbocycles. The van der Waals surface area contributed by atoms with E-state index in [1.165, 1.54) is 0 Å². The van der Waals surface area contributed by atoms with E-state index in [1.54, 1.807) is 0 Å². The van der Waals surface area contributed by atoms with Crippen molar-refractivity contribution in [3.63, 3.8) is 0 Å². The van der Waals surface area contributed by atoms with Gasteiger partial charge in [-0.3, -0.25) is 4.68 Å². The van der Waals surface area contributed by atoms with Crippen molar-refractivity contribution >= 4 is 17.1 Å². The minimum Gasteiger partial charge on any atom is -0.367 e. The van der Waals surface area contributed by atoms with Gasteiger partial charge in [0.05, 0.1) is 47.9 Å². The Morgan fingerprint density at radius 2 is 1.74 bits per heavy atom. The standard InChI is InChI=1S/C24H28F3N7O/c1-12-9-33(11-19(35-12)16-8-28-34(10-16)18-4-5-18)23-31-20(15-6-17(7-15)24(25,26)27)21-22(32-23)30-14(3)13(2)29-21/h8,10,12,15,17-19H,4-7,9,11H2,1-3H3/t12-,15?,17?,19+/m0/s1. The van der Waals surface area contributed by atoms with E-state index in [4.69, 9.17) is 14.7 Å². The fourth-order valence-electron chi connectivity index (χ4n) is 5.01. The minimum atomic E-state index is -4.18. The van der Waals surface area contributed by atoms with Crippen LogP contribution in [0.1, 0.15) is 73.3 Å². The first-order valence-electron chi connectivity index (χ1n) is 12.2. The number of ether oxygens (including phenoxy) is 1. The third kappa shape index (κ3) is 4.23. The summed E-state index contributed by atoms with van der Waals surface area (Å²) in [7, 11) is 0. The number of aromatic nitrogens is 6. The molecule has 2 aliphatic carbocycles. The molecule has 0 aromatic carbocycles. The molecule has 0 unspecified atom stereocenters. The lowest BCUT2D eigenvalue weighted by atomic mass is 9.72. The van der Waals surface area contributed by atoms with Crippen LogP contribution in [0.25, 0.3) is 11.2 Å². The van der Waals surface area contributed by atoms with Gasteiger partial charge in [0.25, 0.3) is 0 Å². The van der Waals surface area contributed by atoms with Gasteiger partial charge >= 0.3 is 6.18 Å². The zero-order valence-electron chi connectivity index (χ0n) is 20.0. The Morgan fingerprint density at radius 1 is 1.00 bits per heavy atom. The van der Waals surface area contributed by atoms with Crippen LogP contribution in [-0.2, 0) is 4.74 Å². The van der Waals surface area contributed by atoms with Crippen molar-refractivity contribution in [3.8, 4) is 0 Å². The summed E-state index contributed by atoms with van der Waals surface area (Å²) in [5, 5.41) is 4.49. The zero-order valence-corrected chi connectivity index (χ0v) is 20.0. The van der Waals surface area contributed by atoms with Gasteiger partial charge in [-0.15, -0.1) is 0 Å². The van der Waals surface area contributed by atoms with Crippen LogP contribution >= 0.6 is 0 Å². The van der Waals surface area contributed by atoms with Gasteiger partial charge in [0.1, 0.15) is 11.6 Å². The Bertz CT molecular complexity index is 1270. The lowest BCUT2D eigenvalue weighted by Crippen LogP contribution is -2.44. The molecule has 35 heavy (non-hydrogen) atoms. The Kier molecular flexibility index (Phi) is 5.24. The lowest BCUT2D eigenvalue weighted by Gasteiger charge is -2.38. The Balaban J connectivity index is 1.34. The van der Waals surface area contributed by atoms with E-state index in [2.05, 4.69) is 21.3 Å². The summed E-state index contributed by atoms with van der Waals surface area (Å²) in [5.74, 6) is -1.14. The van der Waals surface area contributed by atoms with Gasteiger partial charge in [-0.1, -0.05) is 0 Å². The van der Waals surface area contributed by atoms with Gasteiger partial charge in [0, 0.05) is 24.2 Å². The third-order valence-corrected chi connectivity index (χ3v) is 7.40. The average molecular weight is 488 g/mol. The van der Waals surface area contributed by atoms with Gasteiger partial charge in [-0.25, -0.2) is 15.0 Å². The van der Waals surface area contributed by atoms with Gasteiger partial charge in [-0.2, -0.15) is 23.3 Å². The summed E-state index contributed by atoms with van der Waals surface area (Å²) in [6.07, 6.45) is 1.79. The van der Waals surface area contributed by atoms with E-state index >= 15 is 0 Å². The number of halogens is 3. The Hall–Kier alpha value is -2.82. The number of morpholine rings is 1. The highest BCUT2D eigenvalue weighted by atomic mass is 19.4. The zero-order chi connectivity index (χ0) is 24.5. The van der Waals surface area contributed by atoms with Crippen LogP contribution in [0.3, 0.4) is 0 Å². The quantitative estimate of drug-likeness (QED) is 0.532. The highest BCUT2D eigenvalue weighted by Crippen LogP contribution is 2.50. The molecule has 2 atom stereocenters. The maximum Gasteiger partial charge on any atom is 0.391 e. The molecule has 11 heteroatoms. The average Bonchev–Trinajstić information content (AvgIpc) is 3.48. The SMILES string of the molecule is Cc1nc2nc(N3C[C@H](C)O[C@@H](c4cnn(C5CC5)c4)C3)nc(C3CC(C(F)(F)F)C3)c2nc1C. The van der Waals surface area contributed by atoms with Crippen molar-refractivity contribution in [2.75, 3.05) is 18.0 Å². The number of hydrogen-bond donors (Lipinski definition) is 0. The second-order valence-electron chi connectivity index (χ2n) is 10.2. The highest BCUT2D eigenvalue weighted by molar-refractivity contribution is 5.75. The van der Waals surface area contributed by atoms with Crippen LogP contribution in [0, 0.1) is 19.8 Å². The molecule has 0 radical (unpaired) electrons. The van der Waals surface area contributed by atoms with Crippen LogP contribution in [0.15, 0.2) is 12.4 Å². The van der Waals surface area contributed by atoms with Crippen molar-refractivity contribution < 1.29 is 17.9 Å². The van der Waals surface area contributed by atoms with Crippen molar-refractivity contribution in [1.29, 1.82) is 0 Å². The summed E-state index contributed by atoms with van der Waals surface area (Å²) in [6, 6.07) is 0.487. The molecule has 3 aliphatic rings. The molecular weight excluding hydrogens is 459 g/mol. The van der Waals surface area contributed by atoms with Gasteiger partial charge < -0.3 is 9.64 Å². The monoisotopic (exact) mass is 487 g/mol. The molecule has 0 N–H and O–H groups in total. The smallest absolute Gasteiger partial charge is 0.367 e. The molecule has 4 heterocycles. The van der Waals surface area contributed by atoms with E-state index in [-0.39, 0.29) is 31.0 Å². The second kappa shape index (κ2) is 8.11. The van der Waals surface area contributed by atoms with E-state index in [0.717, 1.165) is 29.8 Å². The molecule has 3 aromatic rings. The van der Waals surface area contributed by atoms with E-state index < -0.39 is 12.1 Å². The molecule has 3 aromatic heterocycles. The summed E-state index contributed by atoms with van der Waals surface area (Å²) in [4.78, 5) is 20.8. The number of rotatable bonds is 4. The van der Waals surface area contributed by atoms with Crippen LogP contribution in [0.5, 0.6) is 0 Å². The Labute approximate surface area is 200 Å². The number of alkyl halides is 3. The molecule has 186 valence electrons. The van der Waals surface area contributed by atoms with Crippen LogP contribution in [0.4, 0.5) is 19.1 Å². The fourth-order valence-corrected chi connectivity index (χ4v) is 5.01. The predicted octanol–water partition coefficient (Wildman–Crippen LogP) is 4.59. The molecule has 8 nitrogen and oxygen atoms in total. The normalized spacial score (nSPS) is 27.3. The molecule has 3 fully saturated rings. The number of anilines is 1. The van der Waals surface area contributed by atoms with E-state index in [1.807, 2.05) is 36.5 Å². The molecule has 0 bridgehead atoms. The molecule has 1 aliphatic heterocycles. The van der Waals surface area contributed by atoms with Crippen LogP contribution in [-0.4, -0.2) is 55.1 Å². The summed E-state index contributed by atoms with van der Waals surface area (Å²) in [6.45, 7) is 6.80. The largest absolute Gasteiger partial charge is 0.391 e. The molecular formula is C24H28F3N7O. The third-order valence-electron chi connectivity index (χ3n) is 7.40. The van der Waals surface area contributed by atoms with Gasteiger partial charge in [-0.05, 0) is 46.5 Å². The molecule has 0 spiro atoms. The number of nitrogens with zero attached hydrogens (tertiary/aromatic N) is 7. The van der Waals surface area contributed by atoms with Crippen LogP contribution in [0.2, 0.25) is 0 Å². The molecule has 1 saturated heterocycles. The number of fused-ring (bicyclic) bond motifs is 1. The summed E-state index contributed by atoms with van der Waals surface area (Å²) in [5.41, 5.74) is 3.99. The van der Waals surface area contributed by atoms with Crippen molar-refractivity contribution in [3.05, 3.63) is 35.0 Å². The van der Waals surface area contributed by atoms with Gasteiger partial charge in [0.15, 0.2) is 5.65 Å². The molecule has 6 rings (SSSR count). The predicted molar refractivity (Wildman–Crippen MR) is 122 cm³/mol. The second-order valence-corrected chi connectivity index (χ2v) is 10.2. The van der Waals surface area contributed by atoms with Crippen LogP contribution < -0.4 is 4.90 Å². The van der Waals surface area contributed by atoms with E-state index in [9.17, 15) is 13.2 Å². The van der Waals surface area contributed by atoms with Crippen molar-refractivity contribution in [2.45, 2.75) is 76.8 Å². The summed E-state index contributed by atoms with van der Waals surface area (Å²) < 4.78 is 47.8. The first kappa shape index (κ1) is 22.6. The molecule has 0 amide bonds. The first-order valence-corrected chi connectivity index (χ1v) is 12.2. The van der Waals surface area contributed by atoms with Gasteiger partial charge in [0.2, 0.25) is 5.95 Å². The highest BCUT2D eigenvalue weighted by Gasteiger charge is 2.49. The maximum absolute atomic E-state index is 13.2. The van der Waals surface area contributed by atoms with Crippen molar-refractivity contribution in [1.82, 2.24) is 29.7 Å². The topological polar surface area (TPSA) is 81.9 Å². The van der Waals surface area contributed by atoms with Crippen molar-refractivity contribution in [2.24, 2.45) is 5.92 Å². The minimum absolute atomic E-state index is 0.0200. The fraction of sp³-hybridized carbons (Fsp3) is 0.625. The first-order chi connectivity index (χ1) is 16.7. The Morgan fingerprint density at radius 3 is 2.46 bits per heavy atom. The number of aryl methyl sites for hydroxylation is 2. The van der Waals surface area contributed by atoms with E-state index in [0.29, 0.717) is 41.9 Å². The number of hydrogen-bond acceptors (Lipinski definition) is 7. The lowest BCUT2D eigenvalue weighted by molar-refractivity contribution is -0.197. The summed E-state index contributed by atoms with van der Waals surface area (Å²) >= 11 is 0.